The van der Waals surface area contributed by atoms with Crippen LogP contribution in [0.3, 0.4) is 0 Å². The molecule has 24 heavy (non-hydrogen) atoms. The fourth-order valence-electron chi connectivity index (χ4n) is 2.84. The second-order valence-electron chi connectivity index (χ2n) is 5.52. The summed E-state index contributed by atoms with van der Waals surface area (Å²) >= 11 is 0. The van der Waals surface area contributed by atoms with Gasteiger partial charge in [-0.1, -0.05) is 0 Å². The molecular formula is C16H17N5O3. The molecule has 0 saturated carbocycles. The first-order valence-corrected chi connectivity index (χ1v) is 7.69. The van der Waals surface area contributed by atoms with E-state index in [4.69, 9.17) is 9.47 Å². The number of methoxy groups -OCH3 is 1. The number of hydrogen-bond acceptors (Lipinski definition) is 7. The van der Waals surface area contributed by atoms with E-state index in [2.05, 4.69) is 20.3 Å². The van der Waals surface area contributed by atoms with Crippen LogP contribution in [0.15, 0.2) is 30.9 Å². The third kappa shape index (κ3) is 2.50. The van der Waals surface area contributed by atoms with Gasteiger partial charge < -0.3 is 19.9 Å². The van der Waals surface area contributed by atoms with Gasteiger partial charge in [0.25, 0.3) is 0 Å². The second-order valence-corrected chi connectivity index (χ2v) is 5.52. The minimum atomic E-state index is -0.0269. The van der Waals surface area contributed by atoms with Gasteiger partial charge in [0.05, 0.1) is 19.1 Å². The molecule has 0 spiro atoms. The number of benzene rings is 1. The van der Waals surface area contributed by atoms with Gasteiger partial charge in [-0.15, -0.1) is 0 Å². The third-order valence-electron chi connectivity index (χ3n) is 4.01. The second kappa shape index (κ2) is 5.97. The SMILES string of the molecule is COc1cc(O)ccc1Nc1ncnc2c1ncn2C1CCCO1. The van der Waals surface area contributed by atoms with Crippen LogP contribution >= 0.6 is 0 Å². The molecular weight excluding hydrogens is 310 g/mol. The molecule has 0 radical (unpaired) electrons. The van der Waals surface area contributed by atoms with Crippen LogP contribution in [0, 0.1) is 0 Å². The van der Waals surface area contributed by atoms with Crippen LogP contribution in [0.1, 0.15) is 19.1 Å². The number of fused-ring (bicyclic) bond motifs is 1. The number of anilines is 2. The molecule has 1 aliphatic heterocycles. The van der Waals surface area contributed by atoms with E-state index in [1.807, 2.05) is 4.57 Å². The summed E-state index contributed by atoms with van der Waals surface area (Å²) in [5.41, 5.74) is 2.06. The van der Waals surface area contributed by atoms with Gasteiger partial charge in [0.2, 0.25) is 0 Å². The van der Waals surface area contributed by atoms with Crippen LogP contribution in [0.25, 0.3) is 11.2 Å². The lowest BCUT2D eigenvalue weighted by atomic mass is 10.2. The Morgan fingerprint density at radius 1 is 1.33 bits per heavy atom. The number of ether oxygens (including phenoxy) is 2. The van der Waals surface area contributed by atoms with Crippen molar-refractivity contribution in [1.29, 1.82) is 0 Å². The summed E-state index contributed by atoms with van der Waals surface area (Å²) in [6.45, 7) is 0.755. The Balaban J connectivity index is 1.72. The highest BCUT2D eigenvalue weighted by atomic mass is 16.5. The summed E-state index contributed by atoms with van der Waals surface area (Å²) in [5, 5.41) is 12.8. The number of rotatable bonds is 4. The molecule has 8 heteroatoms. The molecule has 1 saturated heterocycles. The molecule has 4 rings (SSSR count). The van der Waals surface area contributed by atoms with E-state index < -0.39 is 0 Å². The van der Waals surface area contributed by atoms with Crippen molar-refractivity contribution in [2.45, 2.75) is 19.1 Å². The molecule has 1 aliphatic rings. The topological polar surface area (TPSA) is 94.3 Å². The normalized spacial score (nSPS) is 17.3. The van der Waals surface area contributed by atoms with Gasteiger partial charge in [-0.3, -0.25) is 4.57 Å². The highest BCUT2D eigenvalue weighted by molar-refractivity contribution is 5.86. The zero-order chi connectivity index (χ0) is 16.5. The molecule has 1 unspecified atom stereocenters. The molecule has 8 nitrogen and oxygen atoms in total. The van der Waals surface area contributed by atoms with Gasteiger partial charge >= 0.3 is 0 Å². The van der Waals surface area contributed by atoms with Crippen LogP contribution in [0.2, 0.25) is 0 Å². The van der Waals surface area contributed by atoms with Crippen molar-refractivity contribution >= 4 is 22.7 Å². The summed E-state index contributed by atoms with van der Waals surface area (Å²) in [6.07, 6.45) is 5.18. The molecule has 3 aromatic rings. The number of hydrogen-bond donors (Lipinski definition) is 2. The minimum Gasteiger partial charge on any atom is -0.508 e. The average molecular weight is 327 g/mol. The highest BCUT2D eigenvalue weighted by Crippen LogP contribution is 2.33. The fraction of sp³-hybridized carbons (Fsp3) is 0.312. The molecule has 0 aliphatic carbocycles. The van der Waals surface area contributed by atoms with E-state index in [9.17, 15) is 5.11 Å². The van der Waals surface area contributed by atoms with Gasteiger partial charge in [0.1, 0.15) is 24.1 Å². The average Bonchev–Trinajstić information content (AvgIpc) is 3.25. The van der Waals surface area contributed by atoms with E-state index in [1.165, 1.54) is 12.4 Å². The van der Waals surface area contributed by atoms with Gasteiger partial charge in [-0.2, -0.15) is 0 Å². The van der Waals surface area contributed by atoms with E-state index in [-0.39, 0.29) is 12.0 Å². The zero-order valence-electron chi connectivity index (χ0n) is 13.1. The van der Waals surface area contributed by atoms with Crippen LogP contribution in [-0.2, 0) is 4.74 Å². The Bertz CT molecular complexity index is 873. The summed E-state index contributed by atoms with van der Waals surface area (Å²) in [4.78, 5) is 13.1. The van der Waals surface area contributed by atoms with Crippen LogP contribution in [0.4, 0.5) is 11.5 Å². The molecule has 0 bridgehead atoms. The van der Waals surface area contributed by atoms with Gasteiger partial charge in [-0.25, -0.2) is 15.0 Å². The van der Waals surface area contributed by atoms with Crippen molar-refractivity contribution in [2.24, 2.45) is 0 Å². The predicted octanol–water partition coefficient (Wildman–Crippen LogP) is 2.59. The molecule has 3 heterocycles. The number of aromatic hydroxyl groups is 1. The Kier molecular flexibility index (Phi) is 3.66. The first-order valence-electron chi connectivity index (χ1n) is 7.69. The summed E-state index contributed by atoms with van der Waals surface area (Å²) in [5.74, 6) is 1.22. The van der Waals surface area contributed by atoms with E-state index in [0.29, 0.717) is 22.8 Å². The first-order chi connectivity index (χ1) is 11.8. The van der Waals surface area contributed by atoms with Gasteiger partial charge in [-0.05, 0) is 25.0 Å². The molecule has 0 amide bonds. The quantitative estimate of drug-likeness (QED) is 0.711. The molecule has 1 aromatic carbocycles. The lowest BCUT2D eigenvalue weighted by molar-refractivity contribution is 0.0593. The van der Waals surface area contributed by atoms with Gasteiger partial charge in [0, 0.05) is 12.7 Å². The number of nitrogens with one attached hydrogen (secondary N) is 1. The third-order valence-corrected chi connectivity index (χ3v) is 4.01. The minimum absolute atomic E-state index is 0.0269. The number of phenolic OH excluding ortho intramolecular Hbond substituents is 1. The number of imidazole rings is 1. The predicted molar refractivity (Wildman–Crippen MR) is 87.5 cm³/mol. The van der Waals surface area contributed by atoms with E-state index in [0.717, 1.165) is 25.1 Å². The van der Waals surface area contributed by atoms with Crippen molar-refractivity contribution in [1.82, 2.24) is 19.5 Å². The monoisotopic (exact) mass is 327 g/mol. The molecule has 2 aromatic heterocycles. The Hall–Kier alpha value is -2.87. The molecule has 1 atom stereocenters. The molecule has 2 N–H and O–H groups in total. The van der Waals surface area contributed by atoms with Crippen molar-refractivity contribution in [2.75, 3.05) is 19.0 Å². The number of aromatic nitrogens is 4. The van der Waals surface area contributed by atoms with E-state index in [1.54, 1.807) is 25.6 Å². The summed E-state index contributed by atoms with van der Waals surface area (Å²) < 4.78 is 12.9. The Morgan fingerprint density at radius 3 is 3.04 bits per heavy atom. The van der Waals surface area contributed by atoms with Crippen LogP contribution in [-0.4, -0.2) is 38.3 Å². The molecule has 1 fully saturated rings. The smallest absolute Gasteiger partial charge is 0.167 e. The maximum absolute atomic E-state index is 9.57. The van der Waals surface area contributed by atoms with Crippen molar-refractivity contribution < 1.29 is 14.6 Å². The number of phenols is 1. The summed E-state index contributed by atoms with van der Waals surface area (Å²) in [7, 11) is 1.54. The van der Waals surface area contributed by atoms with Crippen LogP contribution in [0.5, 0.6) is 11.5 Å². The van der Waals surface area contributed by atoms with E-state index >= 15 is 0 Å². The largest absolute Gasteiger partial charge is 0.508 e. The maximum atomic E-state index is 9.57. The number of nitrogens with zero attached hydrogens (tertiary/aromatic N) is 4. The lowest BCUT2D eigenvalue weighted by Crippen LogP contribution is -2.07. The molecule has 124 valence electrons. The first kappa shape index (κ1) is 14.7. The standard InChI is InChI=1S/C16H17N5O3/c1-23-12-7-10(22)4-5-11(12)20-15-14-16(18-8-17-15)21(9-19-14)13-3-2-6-24-13/h4-5,7-9,13,22H,2-3,6H2,1H3,(H,17,18,20). The lowest BCUT2D eigenvalue weighted by Gasteiger charge is -2.12. The van der Waals surface area contributed by atoms with Crippen molar-refractivity contribution in [3.05, 3.63) is 30.9 Å². The van der Waals surface area contributed by atoms with Gasteiger partial charge in [0.15, 0.2) is 17.0 Å². The zero-order valence-corrected chi connectivity index (χ0v) is 13.1. The summed E-state index contributed by atoms with van der Waals surface area (Å²) in [6, 6.07) is 4.83. The highest BCUT2D eigenvalue weighted by Gasteiger charge is 2.21. The Morgan fingerprint density at radius 2 is 2.25 bits per heavy atom. The van der Waals surface area contributed by atoms with Crippen LogP contribution < -0.4 is 10.1 Å². The fourth-order valence-corrected chi connectivity index (χ4v) is 2.84. The maximum Gasteiger partial charge on any atom is 0.167 e. The van der Waals surface area contributed by atoms with Crippen molar-refractivity contribution in [3.8, 4) is 11.5 Å². The Labute approximate surface area is 138 Å². The van der Waals surface area contributed by atoms with Crippen molar-refractivity contribution in [3.63, 3.8) is 0 Å².